The molecule has 162 valence electrons. The van der Waals surface area contributed by atoms with E-state index >= 15 is 0 Å². The molecule has 0 aliphatic heterocycles. The second-order valence-corrected chi connectivity index (χ2v) is 8.23. The molecule has 0 amide bonds. The van der Waals surface area contributed by atoms with Gasteiger partial charge in [0.05, 0.1) is 27.9 Å². The van der Waals surface area contributed by atoms with Crippen LogP contribution in [-0.4, -0.2) is 25.6 Å². The van der Waals surface area contributed by atoms with E-state index in [1.54, 1.807) is 0 Å². The lowest BCUT2D eigenvalue weighted by molar-refractivity contribution is -0.144. The minimum atomic E-state index is -4.75. The first-order valence-corrected chi connectivity index (χ1v) is 10.3. The van der Waals surface area contributed by atoms with Gasteiger partial charge in [-0.2, -0.15) is 18.3 Å². The van der Waals surface area contributed by atoms with Gasteiger partial charge in [0.2, 0.25) is 0 Å². The van der Waals surface area contributed by atoms with Crippen LogP contribution in [-0.2, 0) is 18.1 Å². The minimum absolute atomic E-state index is 0.00217. The van der Waals surface area contributed by atoms with Crippen LogP contribution >= 0.6 is 27.5 Å². The van der Waals surface area contributed by atoms with E-state index in [2.05, 4.69) is 26.2 Å². The van der Waals surface area contributed by atoms with Crippen molar-refractivity contribution in [2.24, 2.45) is 0 Å². The molecule has 3 aromatic rings. The van der Waals surface area contributed by atoms with Crippen LogP contribution < -0.4 is 0 Å². The molecule has 5 nitrogen and oxygen atoms in total. The maximum atomic E-state index is 14.3. The summed E-state index contributed by atoms with van der Waals surface area (Å²) in [5.41, 5.74) is -2.41. The molecule has 1 aromatic carbocycles. The average Bonchev–Trinajstić information content (AvgIpc) is 3.22. The van der Waals surface area contributed by atoms with E-state index in [1.165, 1.54) is 32.0 Å². The van der Waals surface area contributed by atoms with Gasteiger partial charge < -0.3 is 9.63 Å². The van der Waals surface area contributed by atoms with Crippen molar-refractivity contribution in [3.63, 3.8) is 0 Å². The predicted octanol–water partition coefficient (Wildman–Crippen LogP) is 6.07. The van der Waals surface area contributed by atoms with Crippen molar-refractivity contribution in [2.75, 3.05) is 0 Å². The highest BCUT2D eigenvalue weighted by atomic mass is 79.9. The van der Waals surface area contributed by atoms with Gasteiger partial charge in [0.1, 0.15) is 11.5 Å². The van der Waals surface area contributed by atoms with Crippen molar-refractivity contribution in [2.45, 2.75) is 43.9 Å². The monoisotopic (exact) mass is 509 g/mol. The number of aliphatic hydroxyl groups is 1. The minimum Gasteiger partial charge on any atom is -0.390 e. The maximum Gasteiger partial charge on any atom is 0.433 e. The Morgan fingerprint density at radius 3 is 2.53 bits per heavy atom. The van der Waals surface area contributed by atoms with Gasteiger partial charge in [-0.05, 0) is 32.4 Å². The Morgan fingerprint density at radius 2 is 1.97 bits per heavy atom. The maximum absolute atomic E-state index is 14.3. The summed E-state index contributed by atoms with van der Waals surface area (Å²) in [6.07, 6.45) is -3.68. The molecule has 0 spiro atoms. The number of alkyl halides is 4. The Morgan fingerprint density at radius 1 is 1.27 bits per heavy atom. The molecular formula is C19H17BrClF4N3O2. The van der Waals surface area contributed by atoms with Gasteiger partial charge in [0, 0.05) is 17.4 Å². The average molecular weight is 511 g/mol. The molecule has 0 aliphatic rings. The molecule has 3 rings (SSSR count). The molecule has 0 radical (unpaired) electrons. The number of hydrogen-bond donors (Lipinski definition) is 1. The first-order valence-electron chi connectivity index (χ1n) is 8.78. The van der Waals surface area contributed by atoms with Gasteiger partial charge >= 0.3 is 6.18 Å². The van der Waals surface area contributed by atoms with Crippen molar-refractivity contribution >= 4 is 27.5 Å². The van der Waals surface area contributed by atoms with Gasteiger partial charge in [-0.25, -0.2) is 4.39 Å². The molecular weight excluding hydrogens is 494 g/mol. The second kappa shape index (κ2) is 8.32. The van der Waals surface area contributed by atoms with Crippen LogP contribution in [0.15, 0.2) is 28.9 Å². The third kappa shape index (κ3) is 4.55. The lowest BCUT2D eigenvalue weighted by Gasteiger charge is -2.18. The molecule has 0 atom stereocenters. The predicted molar refractivity (Wildman–Crippen MR) is 107 cm³/mol. The topological polar surface area (TPSA) is 64.1 Å². The van der Waals surface area contributed by atoms with Crippen LogP contribution in [0.4, 0.5) is 17.6 Å². The zero-order chi connectivity index (χ0) is 22.3. The fourth-order valence-corrected chi connectivity index (χ4v) is 3.74. The highest BCUT2D eigenvalue weighted by Gasteiger charge is 2.40. The van der Waals surface area contributed by atoms with Crippen molar-refractivity contribution in [1.29, 1.82) is 0 Å². The van der Waals surface area contributed by atoms with Gasteiger partial charge in [-0.1, -0.05) is 38.8 Å². The molecule has 30 heavy (non-hydrogen) atoms. The van der Waals surface area contributed by atoms with E-state index in [-0.39, 0.29) is 51.5 Å². The molecule has 0 bridgehead atoms. The van der Waals surface area contributed by atoms with E-state index in [4.69, 9.17) is 16.1 Å². The Labute approximate surface area is 182 Å². The van der Waals surface area contributed by atoms with Gasteiger partial charge in [0.15, 0.2) is 11.5 Å². The third-order valence-electron chi connectivity index (χ3n) is 4.41. The van der Waals surface area contributed by atoms with Crippen molar-refractivity contribution < 1.29 is 27.2 Å². The molecule has 0 saturated carbocycles. The number of nitrogens with zero attached hydrogens (tertiary/aromatic N) is 3. The number of aromatic nitrogens is 3. The summed E-state index contributed by atoms with van der Waals surface area (Å²) in [5.74, 6) is -0.871. The molecule has 0 unspecified atom stereocenters. The Balaban J connectivity index is 2.15. The first-order chi connectivity index (χ1) is 13.9. The molecule has 2 heterocycles. The lowest BCUT2D eigenvalue weighted by Crippen LogP contribution is -2.24. The molecule has 2 aromatic heterocycles. The number of hydrogen-bond acceptors (Lipinski definition) is 4. The van der Waals surface area contributed by atoms with E-state index in [0.717, 1.165) is 10.9 Å². The van der Waals surface area contributed by atoms with E-state index in [1.807, 2.05) is 0 Å². The highest BCUT2D eigenvalue weighted by molar-refractivity contribution is 9.08. The van der Waals surface area contributed by atoms with Crippen molar-refractivity contribution in [3.8, 4) is 22.6 Å². The molecule has 1 N–H and O–H groups in total. The second-order valence-electron chi connectivity index (χ2n) is 7.26. The molecule has 0 saturated heterocycles. The van der Waals surface area contributed by atoms with Gasteiger partial charge in [0.25, 0.3) is 0 Å². The van der Waals surface area contributed by atoms with E-state index in [9.17, 15) is 22.7 Å². The van der Waals surface area contributed by atoms with Crippen LogP contribution in [0.2, 0.25) is 5.02 Å². The zero-order valence-corrected chi connectivity index (χ0v) is 18.2. The smallest absolute Gasteiger partial charge is 0.390 e. The van der Waals surface area contributed by atoms with Gasteiger partial charge in [-0.3, -0.25) is 4.68 Å². The van der Waals surface area contributed by atoms with Crippen LogP contribution in [0.3, 0.4) is 0 Å². The van der Waals surface area contributed by atoms with E-state index < -0.39 is 23.3 Å². The normalized spacial score (nSPS) is 12.6. The largest absolute Gasteiger partial charge is 0.433 e. The summed E-state index contributed by atoms with van der Waals surface area (Å²) in [6, 6.07) is 4.02. The fraction of sp³-hybridized carbons (Fsp3) is 0.368. The van der Waals surface area contributed by atoms with Gasteiger partial charge in [-0.15, -0.1) is 0 Å². The van der Waals surface area contributed by atoms with Crippen LogP contribution in [0, 0.1) is 5.82 Å². The lowest BCUT2D eigenvalue weighted by atomic mass is 10.0. The number of aryl methyl sites for hydroxylation is 1. The van der Waals surface area contributed by atoms with Crippen LogP contribution in [0.25, 0.3) is 22.6 Å². The summed E-state index contributed by atoms with van der Waals surface area (Å²) in [5, 5.41) is 17.6. The zero-order valence-electron chi connectivity index (χ0n) is 15.9. The summed E-state index contributed by atoms with van der Waals surface area (Å²) in [4.78, 5) is 0. The van der Waals surface area contributed by atoms with Crippen molar-refractivity contribution in [1.82, 2.24) is 14.9 Å². The van der Waals surface area contributed by atoms with E-state index in [0.29, 0.717) is 0 Å². The highest BCUT2D eigenvalue weighted by Crippen LogP contribution is 2.42. The fourth-order valence-electron chi connectivity index (χ4n) is 2.96. The summed E-state index contributed by atoms with van der Waals surface area (Å²) in [6.45, 7) is 2.82. The Bertz CT molecular complexity index is 1040. The first kappa shape index (κ1) is 22.8. The summed E-state index contributed by atoms with van der Waals surface area (Å²) < 4.78 is 61.9. The summed E-state index contributed by atoms with van der Waals surface area (Å²) >= 11 is 9.30. The van der Waals surface area contributed by atoms with Crippen LogP contribution in [0.1, 0.15) is 31.5 Å². The molecule has 0 fully saturated rings. The summed E-state index contributed by atoms with van der Waals surface area (Å²) in [7, 11) is 0. The quantitative estimate of drug-likeness (QED) is 0.323. The standard InChI is InChI=1S/C19H17BrClF4N3O2/c1-18(2,29)6-7-28-17(19(23,24)25)11(9-26-28)16-10(8-20)15(27-30-16)14-12(21)4-3-5-13(14)22/h3-5,9,29H,6-8H2,1-2H3. The number of benzene rings is 1. The SMILES string of the molecule is CC(C)(O)CCn1ncc(-c2onc(-c3c(F)cccc3Cl)c2CBr)c1C(F)(F)F. The number of halogens is 6. The Kier molecular flexibility index (Phi) is 6.31. The number of rotatable bonds is 6. The van der Waals surface area contributed by atoms with Crippen LogP contribution in [0.5, 0.6) is 0 Å². The molecule has 0 aliphatic carbocycles. The molecule has 11 heteroatoms. The third-order valence-corrected chi connectivity index (χ3v) is 5.29. The Hall–Kier alpha value is -1.91. The van der Waals surface area contributed by atoms with Crippen molar-refractivity contribution in [3.05, 3.63) is 46.5 Å².